The Morgan fingerprint density at radius 2 is 2.04 bits per heavy atom. The summed E-state index contributed by atoms with van der Waals surface area (Å²) in [4.78, 5) is 14.5. The van der Waals surface area contributed by atoms with Crippen molar-refractivity contribution >= 4 is 17.5 Å². The maximum Gasteiger partial charge on any atom is 0.251 e. The summed E-state index contributed by atoms with van der Waals surface area (Å²) in [7, 11) is 0. The van der Waals surface area contributed by atoms with Crippen molar-refractivity contribution in [2.75, 3.05) is 19.6 Å². The number of phenols is 1. The number of hydrogen-bond acceptors (Lipinski definition) is 3. The van der Waals surface area contributed by atoms with E-state index in [1.54, 1.807) is 30.3 Å². The zero-order valence-electron chi connectivity index (χ0n) is 13.4. The SMILES string of the molecule is O=C(NCCN1CCCC1c1cccc(O)c1)c1ccc(Cl)cc1. The van der Waals surface area contributed by atoms with Crippen LogP contribution in [0.25, 0.3) is 0 Å². The third-order valence-electron chi connectivity index (χ3n) is 4.41. The smallest absolute Gasteiger partial charge is 0.251 e. The number of hydrogen-bond donors (Lipinski definition) is 2. The second-order valence-electron chi connectivity index (χ2n) is 6.05. The summed E-state index contributed by atoms with van der Waals surface area (Å²) in [6, 6.07) is 14.6. The van der Waals surface area contributed by atoms with Crippen LogP contribution in [0.1, 0.15) is 34.8 Å². The van der Waals surface area contributed by atoms with Gasteiger partial charge in [0.2, 0.25) is 0 Å². The lowest BCUT2D eigenvalue weighted by Gasteiger charge is -2.25. The molecular formula is C19H21ClN2O2. The van der Waals surface area contributed by atoms with E-state index in [0.29, 0.717) is 28.9 Å². The van der Waals surface area contributed by atoms with Crippen molar-refractivity contribution in [3.05, 3.63) is 64.7 Å². The topological polar surface area (TPSA) is 52.6 Å². The molecule has 2 aromatic rings. The summed E-state index contributed by atoms with van der Waals surface area (Å²) in [5.74, 6) is 0.218. The molecule has 1 atom stereocenters. The Labute approximate surface area is 147 Å². The van der Waals surface area contributed by atoms with Gasteiger partial charge in [0.15, 0.2) is 0 Å². The van der Waals surface area contributed by atoms with Crippen LogP contribution in [0.15, 0.2) is 48.5 Å². The van der Waals surface area contributed by atoms with Gasteiger partial charge in [0.05, 0.1) is 0 Å². The summed E-state index contributed by atoms with van der Waals surface area (Å²) >= 11 is 5.84. The maximum atomic E-state index is 12.1. The average molecular weight is 345 g/mol. The van der Waals surface area contributed by atoms with Gasteiger partial charge < -0.3 is 10.4 Å². The molecule has 24 heavy (non-hydrogen) atoms. The number of benzene rings is 2. The van der Waals surface area contributed by atoms with Crippen LogP contribution in [0.2, 0.25) is 5.02 Å². The van der Waals surface area contributed by atoms with Crippen LogP contribution in [0.5, 0.6) is 5.75 Å². The van der Waals surface area contributed by atoms with E-state index in [4.69, 9.17) is 11.6 Å². The van der Waals surface area contributed by atoms with Crippen molar-refractivity contribution < 1.29 is 9.90 Å². The molecule has 4 nitrogen and oxygen atoms in total. The van der Waals surface area contributed by atoms with Crippen molar-refractivity contribution in [2.24, 2.45) is 0 Å². The largest absolute Gasteiger partial charge is 0.508 e. The molecular weight excluding hydrogens is 324 g/mol. The first-order valence-electron chi connectivity index (χ1n) is 8.20. The van der Waals surface area contributed by atoms with Crippen molar-refractivity contribution in [2.45, 2.75) is 18.9 Å². The van der Waals surface area contributed by atoms with Crippen molar-refractivity contribution in [1.29, 1.82) is 0 Å². The highest BCUT2D eigenvalue weighted by Gasteiger charge is 2.25. The van der Waals surface area contributed by atoms with Crippen LogP contribution in [0.4, 0.5) is 0 Å². The predicted octanol–water partition coefficient (Wildman–Crippen LogP) is 3.61. The fourth-order valence-electron chi connectivity index (χ4n) is 3.22. The van der Waals surface area contributed by atoms with Gasteiger partial charge in [-0.05, 0) is 61.3 Å². The summed E-state index contributed by atoms with van der Waals surface area (Å²) in [5, 5.41) is 13.2. The summed E-state index contributed by atoms with van der Waals surface area (Å²) < 4.78 is 0. The molecule has 2 N–H and O–H groups in total. The first-order valence-corrected chi connectivity index (χ1v) is 8.58. The van der Waals surface area contributed by atoms with Gasteiger partial charge in [-0.15, -0.1) is 0 Å². The average Bonchev–Trinajstić information content (AvgIpc) is 3.04. The second kappa shape index (κ2) is 7.69. The number of nitrogens with zero attached hydrogens (tertiary/aromatic N) is 1. The minimum Gasteiger partial charge on any atom is -0.508 e. The first kappa shape index (κ1) is 16.8. The van der Waals surface area contributed by atoms with Crippen molar-refractivity contribution in [3.63, 3.8) is 0 Å². The molecule has 1 heterocycles. The van der Waals surface area contributed by atoms with E-state index < -0.39 is 0 Å². The molecule has 1 unspecified atom stereocenters. The van der Waals surface area contributed by atoms with Gasteiger partial charge in [-0.3, -0.25) is 9.69 Å². The monoisotopic (exact) mass is 344 g/mol. The summed E-state index contributed by atoms with van der Waals surface area (Å²) in [6.45, 7) is 2.40. The lowest BCUT2D eigenvalue weighted by molar-refractivity contribution is 0.0947. The molecule has 1 fully saturated rings. The zero-order chi connectivity index (χ0) is 16.9. The molecule has 0 saturated carbocycles. The number of likely N-dealkylation sites (tertiary alicyclic amines) is 1. The number of carbonyl (C=O) groups excluding carboxylic acids is 1. The van der Waals surface area contributed by atoms with Crippen molar-refractivity contribution in [1.82, 2.24) is 10.2 Å². The lowest BCUT2D eigenvalue weighted by atomic mass is 10.0. The number of amides is 1. The Bertz CT molecular complexity index is 703. The molecule has 2 aromatic carbocycles. The highest BCUT2D eigenvalue weighted by atomic mass is 35.5. The van der Waals surface area contributed by atoms with E-state index in [1.807, 2.05) is 12.1 Å². The molecule has 1 aliphatic rings. The van der Waals surface area contributed by atoms with Gasteiger partial charge in [0.1, 0.15) is 5.75 Å². The molecule has 0 spiro atoms. The Morgan fingerprint density at radius 1 is 1.25 bits per heavy atom. The molecule has 0 bridgehead atoms. The molecule has 1 saturated heterocycles. The van der Waals surface area contributed by atoms with Crippen LogP contribution in [-0.2, 0) is 0 Å². The van der Waals surface area contributed by atoms with Crippen LogP contribution in [0.3, 0.4) is 0 Å². The molecule has 5 heteroatoms. The quantitative estimate of drug-likeness (QED) is 0.871. The van der Waals surface area contributed by atoms with Gasteiger partial charge in [0, 0.05) is 29.7 Å². The molecule has 1 amide bonds. The summed E-state index contributed by atoms with van der Waals surface area (Å²) in [6.07, 6.45) is 2.21. The second-order valence-corrected chi connectivity index (χ2v) is 6.49. The Kier molecular flexibility index (Phi) is 5.38. The van der Waals surface area contributed by atoms with Gasteiger partial charge in [-0.2, -0.15) is 0 Å². The molecule has 0 aromatic heterocycles. The van der Waals surface area contributed by atoms with E-state index in [9.17, 15) is 9.90 Å². The third kappa shape index (κ3) is 4.08. The normalized spacial score (nSPS) is 17.8. The molecule has 126 valence electrons. The van der Waals surface area contributed by atoms with E-state index in [2.05, 4.69) is 16.3 Å². The Balaban J connectivity index is 1.54. The lowest BCUT2D eigenvalue weighted by Crippen LogP contribution is -2.34. The van der Waals surface area contributed by atoms with Gasteiger partial charge in [0.25, 0.3) is 5.91 Å². The third-order valence-corrected chi connectivity index (χ3v) is 4.66. The first-order chi connectivity index (χ1) is 11.6. The van der Waals surface area contributed by atoms with Gasteiger partial charge in [-0.25, -0.2) is 0 Å². The van der Waals surface area contributed by atoms with Gasteiger partial charge >= 0.3 is 0 Å². The standard InChI is InChI=1S/C19H21ClN2O2/c20-16-8-6-14(7-9-16)19(24)21-10-12-22-11-2-5-18(22)15-3-1-4-17(23)13-15/h1,3-4,6-9,13,18,23H,2,5,10-12H2,(H,21,24). The van der Waals surface area contributed by atoms with Crippen molar-refractivity contribution in [3.8, 4) is 5.75 Å². The summed E-state index contributed by atoms with van der Waals surface area (Å²) in [5.41, 5.74) is 1.75. The van der Waals surface area contributed by atoms with Crippen LogP contribution < -0.4 is 5.32 Å². The number of halogens is 1. The van der Waals surface area contributed by atoms with E-state index >= 15 is 0 Å². The predicted molar refractivity (Wildman–Crippen MR) is 95.4 cm³/mol. The molecule has 1 aliphatic heterocycles. The number of carbonyl (C=O) groups is 1. The fourth-order valence-corrected chi connectivity index (χ4v) is 3.35. The Morgan fingerprint density at radius 3 is 2.79 bits per heavy atom. The van der Waals surface area contributed by atoms with Crippen LogP contribution >= 0.6 is 11.6 Å². The van der Waals surface area contributed by atoms with E-state index in [1.165, 1.54) is 0 Å². The number of rotatable bonds is 5. The number of phenolic OH excluding ortho intramolecular Hbond substituents is 1. The van der Waals surface area contributed by atoms with E-state index in [-0.39, 0.29) is 5.91 Å². The van der Waals surface area contributed by atoms with E-state index in [0.717, 1.165) is 31.5 Å². The zero-order valence-corrected chi connectivity index (χ0v) is 14.2. The Hall–Kier alpha value is -2.04. The van der Waals surface area contributed by atoms with Crippen LogP contribution in [0, 0.1) is 0 Å². The maximum absolute atomic E-state index is 12.1. The van der Waals surface area contributed by atoms with Crippen LogP contribution in [-0.4, -0.2) is 35.5 Å². The highest BCUT2D eigenvalue weighted by Crippen LogP contribution is 2.32. The highest BCUT2D eigenvalue weighted by molar-refractivity contribution is 6.30. The molecule has 3 rings (SSSR count). The van der Waals surface area contributed by atoms with Gasteiger partial charge in [-0.1, -0.05) is 23.7 Å². The number of aromatic hydroxyl groups is 1. The fraction of sp³-hybridized carbons (Fsp3) is 0.316. The minimum absolute atomic E-state index is 0.0835. The minimum atomic E-state index is -0.0835. The molecule has 0 radical (unpaired) electrons. The number of nitrogens with one attached hydrogen (secondary N) is 1. The molecule has 0 aliphatic carbocycles.